The number of carbonyl (C=O) groups is 2. The summed E-state index contributed by atoms with van der Waals surface area (Å²) < 4.78 is 7.53. The van der Waals surface area contributed by atoms with Crippen LogP contribution in [0.1, 0.15) is 78.8 Å². The number of hydrogen-bond acceptors (Lipinski definition) is 4. The Morgan fingerprint density at radius 2 is 1.86 bits per heavy atom. The molecule has 2 amide bonds. The molecule has 0 spiro atoms. The molecule has 1 aromatic heterocycles. The van der Waals surface area contributed by atoms with E-state index in [2.05, 4.69) is 29.7 Å². The number of aryl methyl sites for hydroxylation is 1. The molecule has 1 atom stereocenters. The lowest BCUT2D eigenvalue weighted by molar-refractivity contribution is 0.0719. The van der Waals surface area contributed by atoms with Crippen LogP contribution in [0.5, 0.6) is 0 Å². The number of aromatic nitrogens is 2. The number of benzene rings is 2. The van der Waals surface area contributed by atoms with E-state index >= 15 is 0 Å². The molecule has 2 aliphatic heterocycles. The molecule has 1 aliphatic carbocycles. The van der Waals surface area contributed by atoms with E-state index in [1.807, 2.05) is 23.1 Å². The van der Waals surface area contributed by atoms with Crippen LogP contribution >= 0.6 is 0 Å². The summed E-state index contributed by atoms with van der Waals surface area (Å²) >= 11 is 0. The number of amides is 2. The predicted molar refractivity (Wildman–Crippen MR) is 139 cm³/mol. The van der Waals surface area contributed by atoms with Gasteiger partial charge in [-0.15, -0.1) is 0 Å². The summed E-state index contributed by atoms with van der Waals surface area (Å²) in [4.78, 5) is 34.9. The van der Waals surface area contributed by atoms with Gasteiger partial charge < -0.3 is 14.2 Å². The maximum Gasteiger partial charge on any atom is 0.414 e. The highest BCUT2D eigenvalue weighted by Crippen LogP contribution is 2.39. The second-order valence-corrected chi connectivity index (χ2v) is 10.5. The van der Waals surface area contributed by atoms with Crippen LogP contribution in [0.15, 0.2) is 36.4 Å². The Hall–Kier alpha value is -3.35. The fourth-order valence-electron chi connectivity index (χ4n) is 6.48. The monoisotopic (exact) mass is 486 g/mol. The Labute approximate surface area is 212 Å². The molecule has 7 nitrogen and oxygen atoms in total. The highest BCUT2D eigenvalue weighted by atomic mass is 16.5. The van der Waals surface area contributed by atoms with Crippen molar-refractivity contribution >= 4 is 28.7 Å². The molecule has 1 fully saturated rings. The highest BCUT2D eigenvalue weighted by Gasteiger charge is 2.33. The van der Waals surface area contributed by atoms with Crippen LogP contribution in [0.2, 0.25) is 0 Å². The fraction of sp³-hybridized carbons (Fsp3) is 0.483. The number of anilines is 1. The Balaban J connectivity index is 1.44. The zero-order valence-corrected chi connectivity index (χ0v) is 21.2. The summed E-state index contributed by atoms with van der Waals surface area (Å²) in [5, 5.41) is 0. The smallest absolute Gasteiger partial charge is 0.414 e. The normalized spacial score (nSPS) is 20.4. The van der Waals surface area contributed by atoms with Gasteiger partial charge in [0.2, 0.25) is 0 Å². The lowest BCUT2D eigenvalue weighted by Crippen LogP contribution is -2.42. The van der Waals surface area contributed by atoms with Crippen molar-refractivity contribution < 1.29 is 14.3 Å². The SMILES string of the molecule is COC(=O)N1c2ccc3c(nc(CN4CCc5ccccc5C4=O)n3C3CCCCC3)c2CC[C@@H]1C. The molecule has 188 valence electrons. The number of methoxy groups -OCH3 is 1. The molecular weight excluding hydrogens is 452 g/mol. The van der Waals surface area contributed by atoms with E-state index < -0.39 is 0 Å². The first-order valence-corrected chi connectivity index (χ1v) is 13.3. The third-order valence-corrected chi connectivity index (χ3v) is 8.36. The quantitative estimate of drug-likeness (QED) is 0.480. The average Bonchev–Trinajstić information content (AvgIpc) is 3.28. The van der Waals surface area contributed by atoms with Crippen molar-refractivity contribution in [2.75, 3.05) is 18.6 Å². The van der Waals surface area contributed by atoms with E-state index in [-0.39, 0.29) is 18.0 Å². The van der Waals surface area contributed by atoms with Crippen molar-refractivity contribution in [3.05, 3.63) is 58.9 Å². The maximum absolute atomic E-state index is 13.4. The second kappa shape index (κ2) is 9.26. The number of carbonyl (C=O) groups excluding carboxylic acids is 2. The first kappa shape index (κ1) is 23.1. The summed E-state index contributed by atoms with van der Waals surface area (Å²) in [5.41, 5.74) is 6.05. The van der Waals surface area contributed by atoms with E-state index in [0.29, 0.717) is 19.1 Å². The van der Waals surface area contributed by atoms with E-state index in [1.165, 1.54) is 26.4 Å². The van der Waals surface area contributed by atoms with Crippen LogP contribution in [0.3, 0.4) is 0 Å². The second-order valence-electron chi connectivity index (χ2n) is 10.5. The molecule has 0 unspecified atom stereocenters. The number of ether oxygens (including phenoxy) is 1. The number of hydrogen-bond donors (Lipinski definition) is 0. The number of fused-ring (bicyclic) bond motifs is 4. The van der Waals surface area contributed by atoms with Crippen LogP contribution < -0.4 is 4.90 Å². The van der Waals surface area contributed by atoms with Gasteiger partial charge in [0.1, 0.15) is 5.82 Å². The van der Waals surface area contributed by atoms with Gasteiger partial charge in [-0.05, 0) is 62.8 Å². The molecule has 1 saturated carbocycles. The van der Waals surface area contributed by atoms with Gasteiger partial charge in [0.25, 0.3) is 5.91 Å². The first-order valence-electron chi connectivity index (χ1n) is 13.3. The zero-order valence-electron chi connectivity index (χ0n) is 21.2. The molecule has 0 radical (unpaired) electrons. The van der Waals surface area contributed by atoms with Crippen molar-refractivity contribution in [2.24, 2.45) is 0 Å². The fourth-order valence-corrected chi connectivity index (χ4v) is 6.48. The summed E-state index contributed by atoms with van der Waals surface area (Å²) in [6.45, 7) is 3.27. The van der Waals surface area contributed by atoms with Crippen molar-refractivity contribution in [1.29, 1.82) is 0 Å². The van der Waals surface area contributed by atoms with Crippen molar-refractivity contribution in [3.8, 4) is 0 Å². The zero-order chi connectivity index (χ0) is 24.8. The Kier molecular flexibility index (Phi) is 5.94. The van der Waals surface area contributed by atoms with Crippen LogP contribution in [0.25, 0.3) is 11.0 Å². The van der Waals surface area contributed by atoms with Gasteiger partial charge in [0.05, 0.1) is 30.4 Å². The summed E-state index contributed by atoms with van der Waals surface area (Å²) in [5.74, 6) is 1.05. The predicted octanol–water partition coefficient (Wildman–Crippen LogP) is 5.65. The Morgan fingerprint density at radius 1 is 1.06 bits per heavy atom. The van der Waals surface area contributed by atoms with Gasteiger partial charge in [-0.2, -0.15) is 0 Å². The van der Waals surface area contributed by atoms with Crippen LogP contribution in [0.4, 0.5) is 10.5 Å². The molecule has 0 N–H and O–H groups in total. The molecule has 2 aromatic carbocycles. The summed E-state index contributed by atoms with van der Waals surface area (Å²) in [6.07, 6.45) is 8.28. The molecule has 6 rings (SSSR count). The van der Waals surface area contributed by atoms with Gasteiger partial charge in [-0.1, -0.05) is 37.5 Å². The standard InChI is InChI=1S/C29H34N4O3/c1-19-12-13-23-24(32(19)29(35)36-2)14-15-25-27(23)30-26(33(25)21-9-4-3-5-10-21)18-31-17-16-20-8-6-7-11-22(20)28(31)34/h6-8,11,14-15,19,21H,3-5,9-10,12-13,16-18H2,1-2H3/t19-/m0/s1. The molecule has 3 aliphatic rings. The molecule has 7 heteroatoms. The molecule has 3 heterocycles. The van der Waals surface area contributed by atoms with Gasteiger partial charge >= 0.3 is 6.09 Å². The van der Waals surface area contributed by atoms with E-state index in [0.717, 1.165) is 71.3 Å². The van der Waals surface area contributed by atoms with E-state index in [4.69, 9.17) is 9.72 Å². The minimum Gasteiger partial charge on any atom is -0.452 e. The van der Waals surface area contributed by atoms with Gasteiger partial charge in [0.15, 0.2) is 0 Å². The average molecular weight is 487 g/mol. The van der Waals surface area contributed by atoms with Gasteiger partial charge in [-0.25, -0.2) is 9.78 Å². The van der Waals surface area contributed by atoms with E-state index in [1.54, 1.807) is 4.90 Å². The molecule has 3 aromatic rings. The lowest BCUT2D eigenvalue weighted by Gasteiger charge is -2.34. The molecule has 0 bridgehead atoms. The highest BCUT2D eigenvalue weighted by molar-refractivity contribution is 5.97. The van der Waals surface area contributed by atoms with Crippen molar-refractivity contribution in [1.82, 2.24) is 14.5 Å². The van der Waals surface area contributed by atoms with Gasteiger partial charge in [0, 0.05) is 29.8 Å². The minimum absolute atomic E-state index is 0.0772. The Bertz CT molecular complexity index is 1320. The first-order chi connectivity index (χ1) is 17.6. The van der Waals surface area contributed by atoms with Gasteiger partial charge in [-0.3, -0.25) is 9.69 Å². The minimum atomic E-state index is -0.327. The van der Waals surface area contributed by atoms with Crippen LogP contribution in [0, 0.1) is 0 Å². The van der Waals surface area contributed by atoms with Crippen LogP contribution in [-0.4, -0.2) is 46.1 Å². The maximum atomic E-state index is 13.4. The number of nitrogens with zero attached hydrogens (tertiary/aromatic N) is 4. The number of rotatable bonds is 3. The largest absolute Gasteiger partial charge is 0.452 e. The van der Waals surface area contributed by atoms with Crippen molar-refractivity contribution in [3.63, 3.8) is 0 Å². The van der Waals surface area contributed by atoms with Crippen molar-refractivity contribution in [2.45, 2.75) is 76.9 Å². The topological polar surface area (TPSA) is 67.7 Å². The Morgan fingerprint density at radius 3 is 2.67 bits per heavy atom. The third kappa shape index (κ3) is 3.76. The third-order valence-electron chi connectivity index (χ3n) is 8.36. The molecule has 36 heavy (non-hydrogen) atoms. The molecular formula is C29H34N4O3. The van der Waals surface area contributed by atoms with Crippen LogP contribution in [-0.2, 0) is 24.1 Å². The summed E-state index contributed by atoms with van der Waals surface area (Å²) in [6, 6.07) is 12.6. The lowest BCUT2D eigenvalue weighted by atomic mass is 9.94. The molecule has 0 saturated heterocycles. The summed E-state index contributed by atoms with van der Waals surface area (Å²) in [7, 11) is 1.44. The number of imidazole rings is 1. The van der Waals surface area contributed by atoms with E-state index in [9.17, 15) is 9.59 Å².